The van der Waals surface area contributed by atoms with Crippen LogP contribution in [0.25, 0.3) is 0 Å². The lowest BCUT2D eigenvalue weighted by molar-refractivity contribution is -0.195. The summed E-state index contributed by atoms with van der Waals surface area (Å²) >= 11 is 0. The number of nitrogens with two attached hydrogens (primary N) is 1. The van der Waals surface area contributed by atoms with Crippen molar-refractivity contribution in [1.82, 2.24) is 0 Å². The van der Waals surface area contributed by atoms with E-state index in [-0.39, 0.29) is 39.5 Å². The number of fused-ring (bicyclic) bond motifs is 7. The van der Waals surface area contributed by atoms with Crippen molar-refractivity contribution in [2.75, 3.05) is 6.61 Å². The summed E-state index contributed by atoms with van der Waals surface area (Å²) < 4.78 is 5.33. The van der Waals surface area contributed by atoms with Gasteiger partial charge in [-0.15, -0.1) is 0 Å². The highest BCUT2D eigenvalue weighted by atomic mass is 16.5. The summed E-state index contributed by atoms with van der Waals surface area (Å²) in [5.41, 5.74) is 13.0. The van der Waals surface area contributed by atoms with E-state index >= 15 is 0 Å². The van der Waals surface area contributed by atoms with Gasteiger partial charge in [0.1, 0.15) is 0 Å². The maximum atomic E-state index is 13.3. The number of carbonyl (C=O) groups is 2. The van der Waals surface area contributed by atoms with Crippen LogP contribution in [-0.4, -0.2) is 23.9 Å². The molecule has 6 rings (SSSR count). The van der Waals surface area contributed by atoms with Crippen LogP contribution < -0.4 is 5.73 Å². The molecule has 2 N–H and O–H groups in total. The predicted octanol–water partition coefficient (Wildman–Crippen LogP) is 8.50. The molecule has 0 aromatic heterocycles. The maximum Gasteiger partial charge on any atom is 0.309 e. The largest absolute Gasteiger partial charge is 0.466 e. The standard InChI is InChI=1S/C38H57NO3/c1-9-42-33(41)25-12-10-24(11-13-25)26-16-18-35(6)29(34(26,4)5)17-19-37(8)30(35)15-14-27-32-31(23(2)3)28(40)22-38(32,39)21-20-36(27,37)7/h10,16,23,25,27,29-30H,9,11-15,17-22,39H2,1-8H3/t25?,27-,29+,30-,35+,36-,37-,38-/m1/s1. The van der Waals surface area contributed by atoms with Gasteiger partial charge in [0, 0.05) is 12.0 Å². The van der Waals surface area contributed by atoms with Crippen molar-refractivity contribution in [3.8, 4) is 0 Å². The van der Waals surface area contributed by atoms with Crippen LogP contribution in [0.2, 0.25) is 0 Å². The molecule has 1 unspecified atom stereocenters. The van der Waals surface area contributed by atoms with Gasteiger partial charge < -0.3 is 10.5 Å². The summed E-state index contributed by atoms with van der Waals surface area (Å²) in [6.45, 7) is 19.7. The molecular weight excluding hydrogens is 518 g/mol. The smallest absolute Gasteiger partial charge is 0.309 e. The molecule has 232 valence electrons. The Balaban J connectivity index is 1.32. The molecule has 0 aromatic carbocycles. The average Bonchev–Trinajstić information content (AvgIpc) is 3.19. The Morgan fingerprint density at radius 1 is 0.976 bits per heavy atom. The highest BCUT2D eigenvalue weighted by molar-refractivity contribution is 6.01. The van der Waals surface area contributed by atoms with E-state index in [0.717, 1.165) is 44.1 Å². The van der Waals surface area contributed by atoms with E-state index in [1.165, 1.54) is 36.8 Å². The van der Waals surface area contributed by atoms with Crippen LogP contribution >= 0.6 is 0 Å². The van der Waals surface area contributed by atoms with Crippen molar-refractivity contribution in [3.05, 3.63) is 34.4 Å². The number of esters is 1. The Bertz CT molecular complexity index is 1270. The van der Waals surface area contributed by atoms with E-state index < -0.39 is 5.54 Å². The molecule has 0 saturated heterocycles. The Morgan fingerprint density at radius 3 is 2.36 bits per heavy atom. The van der Waals surface area contributed by atoms with Gasteiger partial charge >= 0.3 is 5.97 Å². The molecule has 0 aromatic rings. The first-order valence-electron chi connectivity index (χ1n) is 17.3. The second-order valence-corrected chi connectivity index (χ2v) is 16.8. The van der Waals surface area contributed by atoms with E-state index in [4.69, 9.17) is 10.5 Å². The Labute approximate surface area is 255 Å². The molecule has 6 aliphatic carbocycles. The van der Waals surface area contributed by atoms with E-state index in [0.29, 0.717) is 36.6 Å². The van der Waals surface area contributed by atoms with Gasteiger partial charge in [0.05, 0.1) is 12.5 Å². The molecule has 8 atom stereocenters. The average molecular weight is 576 g/mol. The Morgan fingerprint density at radius 2 is 1.71 bits per heavy atom. The minimum atomic E-state index is -0.407. The number of hydrogen-bond acceptors (Lipinski definition) is 4. The fraction of sp³-hybridized carbons (Fsp3) is 0.789. The van der Waals surface area contributed by atoms with Gasteiger partial charge in [-0.25, -0.2) is 0 Å². The monoisotopic (exact) mass is 575 g/mol. The second kappa shape index (κ2) is 9.91. The molecule has 4 heteroatoms. The molecular formula is C38H57NO3. The first kappa shape index (κ1) is 30.4. The van der Waals surface area contributed by atoms with Crippen LogP contribution in [-0.2, 0) is 14.3 Å². The summed E-state index contributed by atoms with van der Waals surface area (Å²) in [4.78, 5) is 25.7. The lowest BCUT2D eigenvalue weighted by atomic mass is 9.33. The van der Waals surface area contributed by atoms with E-state index in [2.05, 4.69) is 60.6 Å². The van der Waals surface area contributed by atoms with Crippen molar-refractivity contribution < 1.29 is 14.3 Å². The molecule has 3 fully saturated rings. The van der Waals surface area contributed by atoms with Crippen LogP contribution in [0, 0.1) is 51.2 Å². The second-order valence-electron chi connectivity index (χ2n) is 16.8. The summed E-state index contributed by atoms with van der Waals surface area (Å²) in [6, 6.07) is 0. The topological polar surface area (TPSA) is 69.4 Å². The van der Waals surface area contributed by atoms with Gasteiger partial charge in [0.2, 0.25) is 0 Å². The van der Waals surface area contributed by atoms with Crippen molar-refractivity contribution in [2.24, 2.45) is 57.0 Å². The zero-order valence-electron chi connectivity index (χ0n) is 27.8. The molecule has 0 radical (unpaired) electrons. The summed E-state index contributed by atoms with van der Waals surface area (Å²) in [7, 11) is 0. The Hall–Kier alpha value is -1.68. The normalized spacial score (nSPS) is 44.5. The minimum absolute atomic E-state index is 0.0156. The quantitative estimate of drug-likeness (QED) is 0.341. The van der Waals surface area contributed by atoms with Crippen molar-refractivity contribution in [2.45, 2.75) is 132 Å². The number of ketones is 1. The first-order chi connectivity index (χ1) is 19.6. The van der Waals surface area contributed by atoms with Gasteiger partial charge in [-0.2, -0.15) is 0 Å². The summed E-state index contributed by atoms with van der Waals surface area (Å²) in [6.07, 6.45) is 16.4. The lowest BCUT2D eigenvalue weighted by Gasteiger charge is -2.71. The summed E-state index contributed by atoms with van der Waals surface area (Å²) in [5, 5.41) is 0. The molecule has 4 nitrogen and oxygen atoms in total. The van der Waals surface area contributed by atoms with Crippen molar-refractivity contribution >= 4 is 11.8 Å². The number of hydrogen-bond donors (Lipinski definition) is 1. The van der Waals surface area contributed by atoms with Crippen LogP contribution in [0.15, 0.2) is 34.4 Å². The number of carbonyl (C=O) groups excluding carboxylic acids is 2. The fourth-order valence-corrected chi connectivity index (χ4v) is 12.3. The predicted molar refractivity (Wildman–Crippen MR) is 169 cm³/mol. The van der Waals surface area contributed by atoms with Gasteiger partial charge in [-0.1, -0.05) is 60.6 Å². The number of rotatable bonds is 4. The van der Waals surface area contributed by atoms with E-state index in [1.54, 1.807) is 5.57 Å². The van der Waals surface area contributed by atoms with Crippen LogP contribution in [0.4, 0.5) is 0 Å². The molecule has 6 aliphatic rings. The number of Topliss-reactive ketones (excluding diaryl/α,β-unsaturated/α-hetero) is 1. The zero-order valence-corrected chi connectivity index (χ0v) is 27.8. The first-order valence-corrected chi connectivity index (χ1v) is 17.3. The van der Waals surface area contributed by atoms with Gasteiger partial charge in [0.25, 0.3) is 0 Å². The molecule has 0 aliphatic heterocycles. The van der Waals surface area contributed by atoms with Gasteiger partial charge in [-0.3, -0.25) is 9.59 Å². The molecule has 3 saturated carbocycles. The third kappa shape index (κ3) is 4.01. The third-order valence-electron chi connectivity index (χ3n) is 14.4. The maximum absolute atomic E-state index is 13.3. The molecule has 0 bridgehead atoms. The fourth-order valence-electron chi connectivity index (χ4n) is 12.3. The van der Waals surface area contributed by atoms with Crippen LogP contribution in [0.3, 0.4) is 0 Å². The highest BCUT2D eigenvalue weighted by Gasteiger charge is 2.69. The SMILES string of the molecule is CCOC(=O)C1CC=C(C2=CC[C@]3(C)[C@H]4CC[C@@H]5C6=C(C(C)C)C(=O)C[C@]6(N)CC[C@@]5(C)[C@]4(C)CC[C@H]3C2(C)C)CC1. The van der Waals surface area contributed by atoms with Crippen LogP contribution in [0.1, 0.15) is 126 Å². The zero-order chi connectivity index (χ0) is 30.5. The Kier molecular flexibility index (Phi) is 7.16. The summed E-state index contributed by atoms with van der Waals surface area (Å²) in [5.74, 6) is 2.31. The number of allylic oxidation sites excluding steroid dienone is 5. The van der Waals surface area contributed by atoms with Gasteiger partial charge in [0.15, 0.2) is 5.78 Å². The number of ether oxygens (including phenoxy) is 1. The molecule has 42 heavy (non-hydrogen) atoms. The lowest BCUT2D eigenvalue weighted by Crippen LogP contribution is -2.65. The van der Waals surface area contributed by atoms with E-state index in [1.807, 2.05) is 6.92 Å². The molecule has 0 spiro atoms. The van der Waals surface area contributed by atoms with Crippen LogP contribution in [0.5, 0.6) is 0 Å². The highest BCUT2D eigenvalue weighted by Crippen LogP contribution is 2.75. The van der Waals surface area contributed by atoms with E-state index in [9.17, 15) is 9.59 Å². The van der Waals surface area contributed by atoms with Gasteiger partial charge in [-0.05, 0) is 139 Å². The van der Waals surface area contributed by atoms with Crippen molar-refractivity contribution in [1.29, 1.82) is 0 Å². The third-order valence-corrected chi connectivity index (χ3v) is 14.4. The molecule has 0 amide bonds. The van der Waals surface area contributed by atoms with Crippen molar-refractivity contribution in [3.63, 3.8) is 0 Å². The molecule has 0 heterocycles. The minimum Gasteiger partial charge on any atom is -0.466 e.